The minimum absolute atomic E-state index is 0.0331. The minimum atomic E-state index is -1.19. The van der Waals surface area contributed by atoms with Crippen molar-refractivity contribution in [3.8, 4) is 0 Å². The van der Waals surface area contributed by atoms with Gasteiger partial charge in [0.2, 0.25) is 0 Å². The van der Waals surface area contributed by atoms with Gasteiger partial charge in [-0.2, -0.15) is 0 Å². The van der Waals surface area contributed by atoms with Gasteiger partial charge in [0.15, 0.2) is 11.6 Å². The first kappa shape index (κ1) is 11.0. The smallest absolute Gasteiger partial charge is 0.161 e. The maximum absolute atomic E-state index is 13.1. The molecule has 14 heavy (non-hydrogen) atoms. The van der Waals surface area contributed by atoms with Crippen LogP contribution in [0.3, 0.4) is 0 Å². The van der Waals surface area contributed by atoms with Crippen molar-refractivity contribution in [1.82, 2.24) is 0 Å². The maximum Gasteiger partial charge on any atom is 0.161 e. The Morgan fingerprint density at radius 1 is 1.14 bits per heavy atom. The number of hydrogen-bond donors (Lipinski definition) is 1. The Morgan fingerprint density at radius 2 is 1.71 bits per heavy atom. The molecule has 1 nitrogen and oxygen atoms in total. The van der Waals surface area contributed by atoms with Crippen molar-refractivity contribution in [3.63, 3.8) is 0 Å². The highest BCUT2D eigenvalue weighted by Crippen LogP contribution is 2.21. The fraction of sp³-hybridized carbons (Fsp3) is 0.400. The van der Waals surface area contributed by atoms with Gasteiger partial charge in [0, 0.05) is 17.7 Å². The molecule has 2 N–H and O–H groups in total. The molecule has 1 aromatic rings. The zero-order valence-electron chi connectivity index (χ0n) is 7.86. The number of nitrogens with two attached hydrogens (primary N) is 1. The Kier molecular flexibility index (Phi) is 3.52. The molecule has 1 aromatic carbocycles. The molecule has 1 atom stereocenters. The monoisotopic (exact) mass is 203 g/mol. The Bertz CT molecular complexity index is 325. The van der Waals surface area contributed by atoms with Crippen molar-refractivity contribution in [3.05, 3.63) is 35.1 Å². The van der Waals surface area contributed by atoms with Crippen molar-refractivity contribution in [2.45, 2.75) is 25.8 Å². The van der Waals surface area contributed by atoms with E-state index in [0.29, 0.717) is 12.5 Å². The van der Waals surface area contributed by atoms with E-state index in [-0.39, 0.29) is 5.56 Å². The lowest BCUT2D eigenvalue weighted by Crippen LogP contribution is -2.12. The van der Waals surface area contributed by atoms with E-state index in [1.807, 2.05) is 6.92 Å². The molecule has 0 aliphatic carbocycles. The highest BCUT2D eigenvalue weighted by atomic mass is 19.2. The van der Waals surface area contributed by atoms with E-state index in [1.165, 1.54) is 0 Å². The van der Waals surface area contributed by atoms with Crippen LogP contribution in [0.1, 0.15) is 31.4 Å². The van der Waals surface area contributed by atoms with Crippen LogP contribution in [0.15, 0.2) is 12.1 Å². The molecule has 0 heterocycles. The Morgan fingerprint density at radius 3 is 2.29 bits per heavy atom. The molecule has 0 saturated carbocycles. The first-order valence-electron chi connectivity index (χ1n) is 4.46. The van der Waals surface area contributed by atoms with Gasteiger partial charge < -0.3 is 5.73 Å². The van der Waals surface area contributed by atoms with Crippen LogP contribution < -0.4 is 5.73 Å². The van der Waals surface area contributed by atoms with Crippen molar-refractivity contribution in [2.24, 2.45) is 5.73 Å². The van der Waals surface area contributed by atoms with Crippen LogP contribution in [0.4, 0.5) is 13.2 Å². The topological polar surface area (TPSA) is 26.0 Å². The molecule has 0 aromatic heterocycles. The quantitative estimate of drug-likeness (QED) is 0.751. The van der Waals surface area contributed by atoms with Gasteiger partial charge in [-0.05, 0) is 12.5 Å². The lowest BCUT2D eigenvalue weighted by atomic mass is 10.0. The second-order valence-corrected chi connectivity index (χ2v) is 3.18. The summed E-state index contributed by atoms with van der Waals surface area (Å²) in [5, 5.41) is 0. The molecule has 0 amide bonds. The third-order valence-corrected chi connectivity index (χ3v) is 2.04. The second-order valence-electron chi connectivity index (χ2n) is 3.18. The van der Waals surface area contributed by atoms with Crippen molar-refractivity contribution >= 4 is 0 Å². The summed E-state index contributed by atoms with van der Waals surface area (Å²) in [5.41, 5.74) is 5.63. The van der Waals surface area contributed by atoms with E-state index in [2.05, 4.69) is 0 Å². The number of hydrogen-bond acceptors (Lipinski definition) is 1. The SMILES string of the molecule is CCC[C@H](N)c1cc(F)c(F)cc1F. The third-order valence-electron chi connectivity index (χ3n) is 2.04. The highest BCUT2D eigenvalue weighted by Gasteiger charge is 2.14. The van der Waals surface area contributed by atoms with Crippen molar-refractivity contribution < 1.29 is 13.2 Å². The van der Waals surface area contributed by atoms with E-state index in [4.69, 9.17) is 5.73 Å². The first-order valence-corrected chi connectivity index (χ1v) is 4.46. The third kappa shape index (κ3) is 2.26. The average Bonchev–Trinajstić information content (AvgIpc) is 2.11. The fourth-order valence-corrected chi connectivity index (χ4v) is 1.29. The first-order chi connectivity index (χ1) is 6.56. The Balaban J connectivity index is 3.02. The summed E-state index contributed by atoms with van der Waals surface area (Å²) in [7, 11) is 0. The summed E-state index contributed by atoms with van der Waals surface area (Å²) < 4.78 is 38.4. The average molecular weight is 203 g/mol. The summed E-state index contributed by atoms with van der Waals surface area (Å²) >= 11 is 0. The molecule has 0 aliphatic rings. The largest absolute Gasteiger partial charge is 0.324 e. The fourth-order valence-electron chi connectivity index (χ4n) is 1.29. The highest BCUT2D eigenvalue weighted by molar-refractivity contribution is 5.23. The van der Waals surface area contributed by atoms with Crippen LogP contribution in [-0.4, -0.2) is 0 Å². The zero-order valence-corrected chi connectivity index (χ0v) is 7.86. The standard InChI is InChI=1S/C10H12F3N/c1-2-3-10(14)6-4-8(12)9(13)5-7(6)11/h4-5,10H,2-3,14H2,1H3/t10-/m0/s1. The molecule has 0 spiro atoms. The summed E-state index contributed by atoms with van der Waals surface area (Å²) in [4.78, 5) is 0. The van der Waals surface area contributed by atoms with Crippen LogP contribution >= 0.6 is 0 Å². The molecule has 0 fully saturated rings. The lowest BCUT2D eigenvalue weighted by molar-refractivity contribution is 0.480. The van der Waals surface area contributed by atoms with Crippen LogP contribution in [0.2, 0.25) is 0 Å². The van der Waals surface area contributed by atoms with E-state index in [9.17, 15) is 13.2 Å². The number of halogens is 3. The van der Waals surface area contributed by atoms with Gasteiger partial charge in [0.05, 0.1) is 0 Å². The predicted octanol–water partition coefficient (Wildman–Crippen LogP) is 2.90. The predicted molar refractivity (Wildman–Crippen MR) is 48.2 cm³/mol. The van der Waals surface area contributed by atoms with Gasteiger partial charge in [-0.3, -0.25) is 0 Å². The Labute approximate surface area is 80.7 Å². The van der Waals surface area contributed by atoms with Gasteiger partial charge in [0.25, 0.3) is 0 Å². The van der Waals surface area contributed by atoms with Crippen LogP contribution in [-0.2, 0) is 0 Å². The molecule has 0 saturated heterocycles. The lowest BCUT2D eigenvalue weighted by Gasteiger charge is -2.11. The zero-order chi connectivity index (χ0) is 10.7. The van der Waals surface area contributed by atoms with E-state index < -0.39 is 23.5 Å². The van der Waals surface area contributed by atoms with Crippen LogP contribution in [0.25, 0.3) is 0 Å². The van der Waals surface area contributed by atoms with Crippen molar-refractivity contribution in [2.75, 3.05) is 0 Å². The Hall–Kier alpha value is -1.03. The molecule has 78 valence electrons. The van der Waals surface area contributed by atoms with Gasteiger partial charge in [0.1, 0.15) is 5.82 Å². The van der Waals surface area contributed by atoms with Gasteiger partial charge in [-0.25, -0.2) is 13.2 Å². The summed E-state index contributed by atoms with van der Waals surface area (Å²) in [5.74, 6) is -3.03. The summed E-state index contributed by atoms with van der Waals surface area (Å²) in [6.07, 6.45) is 1.31. The normalized spacial score (nSPS) is 12.9. The number of benzene rings is 1. The molecule has 0 aliphatic heterocycles. The van der Waals surface area contributed by atoms with Crippen molar-refractivity contribution in [1.29, 1.82) is 0 Å². The molecule has 1 rings (SSSR count). The summed E-state index contributed by atoms with van der Waals surface area (Å²) in [6, 6.07) is 0.778. The molecular formula is C10H12F3N. The maximum atomic E-state index is 13.1. The molecule has 0 bridgehead atoms. The van der Waals surface area contributed by atoms with Crippen LogP contribution in [0, 0.1) is 17.5 Å². The number of rotatable bonds is 3. The minimum Gasteiger partial charge on any atom is -0.324 e. The second kappa shape index (κ2) is 4.46. The molecule has 0 unspecified atom stereocenters. The van der Waals surface area contributed by atoms with E-state index in [0.717, 1.165) is 12.5 Å². The van der Waals surface area contributed by atoms with Crippen LogP contribution in [0.5, 0.6) is 0 Å². The van der Waals surface area contributed by atoms with Gasteiger partial charge in [-0.15, -0.1) is 0 Å². The molecular weight excluding hydrogens is 191 g/mol. The molecule has 0 radical (unpaired) electrons. The summed E-state index contributed by atoms with van der Waals surface area (Å²) in [6.45, 7) is 1.89. The van der Waals surface area contributed by atoms with E-state index >= 15 is 0 Å². The molecule has 4 heteroatoms. The van der Waals surface area contributed by atoms with Gasteiger partial charge >= 0.3 is 0 Å². The van der Waals surface area contributed by atoms with Gasteiger partial charge in [-0.1, -0.05) is 13.3 Å². The van der Waals surface area contributed by atoms with E-state index in [1.54, 1.807) is 0 Å².